The van der Waals surface area contributed by atoms with E-state index >= 15 is 0 Å². The van der Waals surface area contributed by atoms with Crippen molar-refractivity contribution in [1.82, 2.24) is 4.90 Å². The molecule has 1 aromatic rings. The number of hydrogen-bond acceptors (Lipinski definition) is 2. The summed E-state index contributed by atoms with van der Waals surface area (Å²) < 4.78 is 13.5. The van der Waals surface area contributed by atoms with Gasteiger partial charge in [-0.2, -0.15) is 11.8 Å². The molecule has 0 radical (unpaired) electrons. The van der Waals surface area contributed by atoms with Gasteiger partial charge in [-0.25, -0.2) is 9.18 Å². The van der Waals surface area contributed by atoms with E-state index in [1.807, 2.05) is 16.7 Å². The fraction of sp³-hybridized carbons (Fsp3) is 0.500. The van der Waals surface area contributed by atoms with Crippen molar-refractivity contribution < 1.29 is 9.18 Å². The molecule has 2 amide bonds. The van der Waals surface area contributed by atoms with Crippen LogP contribution in [0.1, 0.15) is 12.8 Å². The average molecular weight is 280 g/mol. The quantitative estimate of drug-likeness (QED) is 0.902. The van der Waals surface area contributed by atoms with Gasteiger partial charge in [0.1, 0.15) is 5.82 Å². The van der Waals surface area contributed by atoms with E-state index in [1.54, 1.807) is 18.2 Å². The second-order valence-corrected chi connectivity index (χ2v) is 6.23. The van der Waals surface area contributed by atoms with Gasteiger partial charge in [-0.15, -0.1) is 0 Å². The molecule has 0 aromatic heterocycles. The minimum Gasteiger partial charge on any atom is -0.320 e. The van der Waals surface area contributed by atoms with Crippen LogP contribution in [0.5, 0.6) is 0 Å². The maximum atomic E-state index is 13.5. The first-order valence-corrected chi connectivity index (χ1v) is 7.81. The molecule has 1 aromatic carbocycles. The van der Waals surface area contributed by atoms with Crippen molar-refractivity contribution in [2.45, 2.75) is 18.9 Å². The lowest BCUT2D eigenvalue weighted by Gasteiger charge is -2.35. The number of amides is 2. The van der Waals surface area contributed by atoms with Crippen LogP contribution in [-0.2, 0) is 0 Å². The van der Waals surface area contributed by atoms with E-state index in [0.717, 1.165) is 18.1 Å². The number of benzene rings is 1. The maximum absolute atomic E-state index is 13.5. The molecule has 1 aliphatic carbocycles. The number of halogens is 1. The number of nitrogens with one attached hydrogen (secondary N) is 1. The molecule has 3 rings (SSSR count). The van der Waals surface area contributed by atoms with E-state index in [2.05, 4.69) is 5.32 Å². The van der Waals surface area contributed by atoms with Gasteiger partial charge in [0, 0.05) is 24.1 Å². The Hall–Kier alpha value is -1.23. The van der Waals surface area contributed by atoms with E-state index in [4.69, 9.17) is 0 Å². The summed E-state index contributed by atoms with van der Waals surface area (Å²) in [7, 11) is 0. The lowest BCUT2D eigenvalue weighted by Crippen LogP contribution is -2.49. The highest BCUT2D eigenvalue weighted by atomic mass is 32.2. The molecule has 19 heavy (non-hydrogen) atoms. The zero-order valence-electron chi connectivity index (χ0n) is 10.6. The van der Waals surface area contributed by atoms with Crippen molar-refractivity contribution >= 4 is 23.5 Å². The molecule has 0 bridgehead atoms. The molecule has 5 heteroatoms. The molecule has 2 aliphatic rings. The van der Waals surface area contributed by atoms with Crippen molar-refractivity contribution in [1.29, 1.82) is 0 Å². The van der Waals surface area contributed by atoms with Gasteiger partial charge < -0.3 is 10.2 Å². The van der Waals surface area contributed by atoms with Crippen LogP contribution in [0, 0.1) is 11.7 Å². The minimum absolute atomic E-state index is 0.165. The Morgan fingerprint density at radius 2 is 2.16 bits per heavy atom. The zero-order valence-corrected chi connectivity index (χ0v) is 11.5. The number of thioether (sulfide) groups is 1. The van der Waals surface area contributed by atoms with Crippen molar-refractivity contribution in [3.8, 4) is 0 Å². The Kier molecular flexibility index (Phi) is 3.64. The fourth-order valence-corrected chi connectivity index (χ4v) is 3.68. The molecule has 2 fully saturated rings. The van der Waals surface area contributed by atoms with Crippen LogP contribution in [0.15, 0.2) is 24.3 Å². The van der Waals surface area contributed by atoms with E-state index in [1.165, 1.54) is 18.9 Å². The first-order valence-electron chi connectivity index (χ1n) is 6.65. The lowest BCUT2D eigenvalue weighted by molar-refractivity contribution is 0.188. The summed E-state index contributed by atoms with van der Waals surface area (Å²) in [6.45, 7) is 0.756. The fourth-order valence-electron chi connectivity index (χ4n) is 2.50. The van der Waals surface area contributed by atoms with Gasteiger partial charge in [-0.05, 0) is 30.9 Å². The van der Waals surface area contributed by atoms with Crippen LogP contribution < -0.4 is 5.32 Å². The van der Waals surface area contributed by atoms with Crippen LogP contribution in [0.2, 0.25) is 0 Å². The summed E-state index contributed by atoms with van der Waals surface area (Å²) >= 11 is 1.91. The highest BCUT2D eigenvalue weighted by Crippen LogP contribution is 2.38. The van der Waals surface area contributed by atoms with E-state index in [-0.39, 0.29) is 17.5 Å². The highest BCUT2D eigenvalue weighted by molar-refractivity contribution is 7.99. The summed E-state index contributed by atoms with van der Waals surface area (Å²) in [5.41, 5.74) is 0.264. The third-order valence-corrected chi connectivity index (χ3v) is 4.76. The number of para-hydroxylation sites is 1. The largest absolute Gasteiger partial charge is 0.322 e. The lowest BCUT2D eigenvalue weighted by atomic mass is 10.2. The van der Waals surface area contributed by atoms with Crippen LogP contribution in [0.25, 0.3) is 0 Å². The number of hydrogen-bond donors (Lipinski definition) is 1. The van der Waals surface area contributed by atoms with Gasteiger partial charge in [0.15, 0.2) is 0 Å². The molecule has 1 atom stereocenters. The van der Waals surface area contributed by atoms with E-state index in [0.29, 0.717) is 12.0 Å². The topological polar surface area (TPSA) is 32.3 Å². The predicted molar refractivity (Wildman–Crippen MR) is 76.0 cm³/mol. The number of carbonyl (C=O) groups is 1. The van der Waals surface area contributed by atoms with E-state index < -0.39 is 0 Å². The Labute approximate surface area is 116 Å². The SMILES string of the molecule is O=C(Nc1ccccc1F)N1CCSCC1C1CC1. The number of rotatable bonds is 2. The van der Waals surface area contributed by atoms with Crippen LogP contribution >= 0.6 is 11.8 Å². The Balaban J connectivity index is 1.70. The molecule has 1 saturated carbocycles. The van der Waals surface area contributed by atoms with Crippen LogP contribution in [0.4, 0.5) is 14.9 Å². The number of carbonyl (C=O) groups excluding carboxylic acids is 1. The molecular formula is C14H17FN2OS. The zero-order chi connectivity index (χ0) is 13.2. The Morgan fingerprint density at radius 3 is 2.89 bits per heavy atom. The summed E-state index contributed by atoms with van der Waals surface area (Å²) in [4.78, 5) is 14.2. The third kappa shape index (κ3) is 2.86. The van der Waals surface area contributed by atoms with Gasteiger partial charge in [-0.3, -0.25) is 0 Å². The maximum Gasteiger partial charge on any atom is 0.322 e. The molecular weight excluding hydrogens is 263 g/mol. The van der Waals surface area contributed by atoms with E-state index in [9.17, 15) is 9.18 Å². The van der Waals surface area contributed by atoms with Crippen molar-refractivity contribution in [2.75, 3.05) is 23.4 Å². The first kappa shape index (κ1) is 12.8. The third-order valence-electron chi connectivity index (χ3n) is 3.71. The van der Waals surface area contributed by atoms with Gasteiger partial charge in [0.05, 0.1) is 5.69 Å². The molecule has 1 unspecified atom stereocenters. The number of anilines is 1. The Morgan fingerprint density at radius 1 is 1.37 bits per heavy atom. The highest BCUT2D eigenvalue weighted by Gasteiger charge is 2.39. The molecule has 1 heterocycles. The molecule has 1 saturated heterocycles. The Bertz CT molecular complexity index is 478. The molecule has 1 aliphatic heterocycles. The van der Waals surface area contributed by atoms with Gasteiger partial charge in [-0.1, -0.05) is 12.1 Å². The van der Waals surface area contributed by atoms with Gasteiger partial charge in [0.25, 0.3) is 0 Å². The van der Waals surface area contributed by atoms with Crippen molar-refractivity contribution in [2.24, 2.45) is 5.92 Å². The van der Waals surface area contributed by atoms with Crippen LogP contribution in [0.3, 0.4) is 0 Å². The molecule has 102 valence electrons. The average Bonchev–Trinajstić information content (AvgIpc) is 3.26. The summed E-state index contributed by atoms with van der Waals surface area (Å²) in [6, 6.07) is 6.46. The summed E-state index contributed by atoms with van der Waals surface area (Å²) in [5, 5.41) is 2.70. The van der Waals surface area contributed by atoms with Gasteiger partial charge >= 0.3 is 6.03 Å². The molecule has 1 N–H and O–H groups in total. The minimum atomic E-state index is -0.384. The van der Waals surface area contributed by atoms with Gasteiger partial charge in [0.2, 0.25) is 0 Å². The second kappa shape index (κ2) is 5.41. The predicted octanol–water partition coefficient (Wildman–Crippen LogP) is 3.19. The molecule has 0 spiro atoms. The van der Waals surface area contributed by atoms with Crippen molar-refractivity contribution in [3.05, 3.63) is 30.1 Å². The monoisotopic (exact) mass is 280 g/mol. The normalized spacial score (nSPS) is 23.2. The number of urea groups is 1. The number of nitrogens with zero attached hydrogens (tertiary/aromatic N) is 1. The summed E-state index contributed by atoms with van der Waals surface area (Å²) in [5.74, 6) is 2.24. The summed E-state index contributed by atoms with van der Waals surface area (Å²) in [6.07, 6.45) is 2.43. The first-order chi connectivity index (χ1) is 9.25. The standard InChI is InChI=1S/C14H17FN2OS/c15-11-3-1-2-4-12(11)16-14(18)17-7-8-19-9-13(17)10-5-6-10/h1-4,10,13H,5-9H2,(H,16,18). The molecule has 3 nitrogen and oxygen atoms in total. The van der Waals surface area contributed by atoms with Crippen molar-refractivity contribution in [3.63, 3.8) is 0 Å². The second-order valence-electron chi connectivity index (χ2n) is 5.08. The van der Waals surface area contributed by atoms with Crippen LogP contribution in [-0.4, -0.2) is 35.0 Å². The smallest absolute Gasteiger partial charge is 0.320 e.